The molecule has 2 unspecified atom stereocenters. The predicted octanol–water partition coefficient (Wildman–Crippen LogP) is 3.03. The fourth-order valence-electron chi connectivity index (χ4n) is 3.99. The summed E-state index contributed by atoms with van der Waals surface area (Å²) in [5, 5.41) is 11.5. The lowest BCUT2D eigenvalue weighted by Gasteiger charge is -2.26. The molecule has 0 saturated heterocycles. The first kappa shape index (κ1) is 20.7. The van der Waals surface area contributed by atoms with Crippen LogP contribution in [0.2, 0.25) is 0 Å². The number of ether oxygens (including phenoxy) is 1. The van der Waals surface area contributed by atoms with Crippen LogP contribution < -0.4 is 10.6 Å². The van der Waals surface area contributed by atoms with Gasteiger partial charge in [0, 0.05) is 38.5 Å². The number of guanidine groups is 1. The highest BCUT2D eigenvalue weighted by atomic mass is 16.5. The van der Waals surface area contributed by atoms with Crippen LogP contribution in [0.25, 0.3) is 0 Å². The van der Waals surface area contributed by atoms with Crippen molar-refractivity contribution in [3.05, 3.63) is 17.0 Å². The number of hydrogen-bond donors (Lipinski definition) is 2. The normalized spacial score (nSPS) is 21.0. The number of nitrogens with one attached hydrogen (secondary N) is 2. The number of hydrogen-bond acceptors (Lipinski definition) is 3. The van der Waals surface area contributed by atoms with Crippen molar-refractivity contribution in [2.45, 2.75) is 66.0 Å². The molecule has 6 nitrogen and oxygen atoms in total. The minimum atomic E-state index is 0.678. The van der Waals surface area contributed by atoms with Gasteiger partial charge in [0.05, 0.1) is 18.8 Å². The van der Waals surface area contributed by atoms with Crippen LogP contribution in [0.3, 0.4) is 0 Å². The highest BCUT2D eigenvalue weighted by molar-refractivity contribution is 5.79. The number of aliphatic imine (C=N–C) groups is 1. The Bertz CT molecular complexity index is 581. The smallest absolute Gasteiger partial charge is 0.191 e. The molecule has 1 heterocycles. The summed E-state index contributed by atoms with van der Waals surface area (Å²) in [5.74, 6) is 2.64. The summed E-state index contributed by atoms with van der Waals surface area (Å²) in [4.78, 5) is 4.36. The number of methoxy groups -OCH3 is 1. The van der Waals surface area contributed by atoms with Crippen LogP contribution in [0, 0.1) is 25.7 Å². The Kier molecular flexibility index (Phi) is 8.42. The Morgan fingerprint density at radius 1 is 1.31 bits per heavy atom. The van der Waals surface area contributed by atoms with Gasteiger partial charge in [0.25, 0.3) is 0 Å². The van der Waals surface area contributed by atoms with Gasteiger partial charge >= 0.3 is 0 Å². The van der Waals surface area contributed by atoms with E-state index < -0.39 is 0 Å². The van der Waals surface area contributed by atoms with Gasteiger partial charge in [0.15, 0.2) is 5.96 Å². The van der Waals surface area contributed by atoms with Crippen LogP contribution in [-0.2, 0) is 17.8 Å². The molecule has 0 aliphatic heterocycles. The summed E-state index contributed by atoms with van der Waals surface area (Å²) in [7, 11) is 3.55. The van der Waals surface area contributed by atoms with Crippen LogP contribution in [0.4, 0.5) is 0 Å². The van der Waals surface area contributed by atoms with Crippen molar-refractivity contribution in [2.24, 2.45) is 16.8 Å². The summed E-state index contributed by atoms with van der Waals surface area (Å²) < 4.78 is 7.18. The molecular formula is C20H37N5O. The molecule has 1 aromatic heterocycles. The largest absolute Gasteiger partial charge is 0.383 e. The lowest BCUT2D eigenvalue weighted by atomic mass is 9.81. The van der Waals surface area contributed by atoms with Crippen LogP contribution in [-0.4, -0.2) is 43.0 Å². The molecular weight excluding hydrogens is 326 g/mol. The van der Waals surface area contributed by atoms with Gasteiger partial charge in [-0.1, -0.05) is 26.2 Å². The topological polar surface area (TPSA) is 63.5 Å². The number of nitrogens with zero attached hydrogens (tertiary/aromatic N) is 3. The van der Waals surface area contributed by atoms with Crippen molar-refractivity contribution in [2.75, 3.05) is 27.3 Å². The molecule has 6 heteroatoms. The summed E-state index contributed by atoms with van der Waals surface area (Å²) in [5.41, 5.74) is 3.50. The van der Waals surface area contributed by atoms with Crippen LogP contribution in [0.1, 0.15) is 56.0 Å². The summed E-state index contributed by atoms with van der Waals surface area (Å²) in [6.45, 7) is 9.76. The maximum atomic E-state index is 5.16. The third-order valence-corrected chi connectivity index (χ3v) is 5.58. The molecule has 2 N–H and O–H groups in total. The van der Waals surface area contributed by atoms with E-state index in [0.29, 0.717) is 6.61 Å². The van der Waals surface area contributed by atoms with Crippen LogP contribution >= 0.6 is 0 Å². The van der Waals surface area contributed by atoms with E-state index in [1.54, 1.807) is 7.11 Å². The zero-order valence-electron chi connectivity index (χ0n) is 17.3. The van der Waals surface area contributed by atoms with Crippen molar-refractivity contribution in [1.82, 2.24) is 20.4 Å². The van der Waals surface area contributed by atoms with E-state index in [1.165, 1.54) is 43.4 Å². The van der Waals surface area contributed by atoms with E-state index in [0.717, 1.165) is 43.1 Å². The van der Waals surface area contributed by atoms with Crippen molar-refractivity contribution < 1.29 is 4.74 Å². The van der Waals surface area contributed by atoms with Gasteiger partial charge in [0.2, 0.25) is 0 Å². The number of aryl methyl sites for hydroxylation is 1. The summed E-state index contributed by atoms with van der Waals surface area (Å²) in [6, 6.07) is 0. The Morgan fingerprint density at radius 2 is 2.12 bits per heavy atom. The first-order chi connectivity index (χ1) is 12.5. The third-order valence-electron chi connectivity index (χ3n) is 5.58. The quantitative estimate of drug-likeness (QED) is 0.550. The van der Waals surface area contributed by atoms with Gasteiger partial charge in [-0.25, -0.2) is 0 Å². The second kappa shape index (κ2) is 10.6. The average Bonchev–Trinajstić information content (AvgIpc) is 2.89. The van der Waals surface area contributed by atoms with E-state index in [-0.39, 0.29) is 0 Å². The van der Waals surface area contributed by atoms with E-state index in [9.17, 15) is 0 Å². The molecule has 1 fully saturated rings. The Labute approximate surface area is 158 Å². The zero-order valence-corrected chi connectivity index (χ0v) is 17.3. The van der Waals surface area contributed by atoms with Crippen molar-refractivity contribution >= 4 is 5.96 Å². The molecule has 0 bridgehead atoms. The van der Waals surface area contributed by atoms with E-state index in [2.05, 4.69) is 41.5 Å². The minimum Gasteiger partial charge on any atom is -0.383 e. The average molecular weight is 364 g/mol. The molecule has 1 saturated carbocycles. The van der Waals surface area contributed by atoms with Crippen molar-refractivity contribution in [3.63, 3.8) is 0 Å². The van der Waals surface area contributed by atoms with Crippen LogP contribution in [0.5, 0.6) is 0 Å². The molecule has 26 heavy (non-hydrogen) atoms. The molecule has 2 rings (SSSR count). The maximum Gasteiger partial charge on any atom is 0.191 e. The van der Waals surface area contributed by atoms with Gasteiger partial charge in [-0.3, -0.25) is 9.67 Å². The monoisotopic (exact) mass is 363 g/mol. The van der Waals surface area contributed by atoms with Crippen LogP contribution in [0.15, 0.2) is 4.99 Å². The van der Waals surface area contributed by atoms with Gasteiger partial charge < -0.3 is 15.4 Å². The fourth-order valence-corrected chi connectivity index (χ4v) is 3.99. The van der Waals surface area contributed by atoms with E-state index >= 15 is 0 Å². The predicted molar refractivity (Wildman–Crippen MR) is 108 cm³/mol. The summed E-state index contributed by atoms with van der Waals surface area (Å²) >= 11 is 0. The molecule has 0 radical (unpaired) electrons. The maximum absolute atomic E-state index is 5.16. The molecule has 0 spiro atoms. The highest BCUT2D eigenvalue weighted by Gasteiger charge is 2.18. The van der Waals surface area contributed by atoms with Gasteiger partial charge in [-0.05, 0) is 38.5 Å². The van der Waals surface area contributed by atoms with Gasteiger partial charge in [-0.15, -0.1) is 0 Å². The molecule has 148 valence electrons. The van der Waals surface area contributed by atoms with Gasteiger partial charge in [-0.2, -0.15) is 5.10 Å². The Morgan fingerprint density at radius 3 is 2.81 bits per heavy atom. The number of rotatable bonds is 8. The SMILES string of the molecule is CN=C(NCCC1CCCC(C)C1)NCc1c(C)nn(CCOC)c1C. The first-order valence-electron chi connectivity index (χ1n) is 10.0. The second-order valence-corrected chi connectivity index (χ2v) is 7.64. The molecule has 1 aliphatic rings. The fraction of sp³-hybridized carbons (Fsp3) is 0.800. The van der Waals surface area contributed by atoms with E-state index in [1.807, 2.05) is 11.7 Å². The molecule has 1 aliphatic carbocycles. The summed E-state index contributed by atoms with van der Waals surface area (Å²) in [6.07, 6.45) is 6.80. The van der Waals surface area contributed by atoms with Gasteiger partial charge in [0.1, 0.15) is 0 Å². The molecule has 0 amide bonds. The second-order valence-electron chi connectivity index (χ2n) is 7.64. The first-order valence-corrected chi connectivity index (χ1v) is 10.0. The lowest BCUT2D eigenvalue weighted by molar-refractivity contribution is 0.182. The molecule has 0 aromatic carbocycles. The number of aromatic nitrogens is 2. The van der Waals surface area contributed by atoms with Crippen molar-refractivity contribution in [3.8, 4) is 0 Å². The third kappa shape index (κ3) is 6.01. The lowest BCUT2D eigenvalue weighted by Crippen LogP contribution is -2.38. The van der Waals surface area contributed by atoms with E-state index in [4.69, 9.17) is 4.74 Å². The zero-order chi connectivity index (χ0) is 18.9. The highest BCUT2D eigenvalue weighted by Crippen LogP contribution is 2.30. The minimum absolute atomic E-state index is 0.678. The Balaban J connectivity index is 1.79. The molecule has 1 aromatic rings. The van der Waals surface area contributed by atoms with Crippen molar-refractivity contribution in [1.29, 1.82) is 0 Å². The molecule has 2 atom stereocenters. The standard InChI is InChI=1S/C20H37N5O/c1-15-7-6-8-18(13-15)9-10-22-20(21-4)23-14-19-16(2)24-25(17(19)3)11-12-26-5/h15,18H,6-14H2,1-5H3,(H2,21,22,23). The Hall–Kier alpha value is -1.56.